The van der Waals surface area contributed by atoms with Gasteiger partial charge in [0.25, 0.3) is 0 Å². The maximum Gasteiger partial charge on any atom is 0.328 e. The molecule has 2 N–H and O–H groups in total. The number of aryl methyl sites for hydroxylation is 1. The van der Waals surface area contributed by atoms with E-state index in [0.717, 1.165) is 0 Å². The van der Waals surface area contributed by atoms with Crippen LogP contribution in [0, 0.1) is 5.41 Å². The zero-order valence-corrected chi connectivity index (χ0v) is 12.3. The van der Waals surface area contributed by atoms with Gasteiger partial charge in [0, 0.05) is 19.3 Å². The second kappa shape index (κ2) is 6.83. The average molecular weight is 293 g/mol. The minimum absolute atomic E-state index is 0.0347. The van der Waals surface area contributed by atoms with E-state index in [9.17, 15) is 19.2 Å². The largest absolute Gasteiger partial charge is 0.328 e. The third kappa shape index (κ3) is 3.56. The Morgan fingerprint density at radius 1 is 1.00 bits per heavy atom. The molecule has 0 spiro atoms. The van der Waals surface area contributed by atoms with Crippen LogP contribution < -0.4 is 16.2 Å². The smallest absolute Gasteiger partial charge is 0.319 e. The highest BCUT2D eigenvalue weighted by atomic mass is 16.2. The Bertz CT molecular complexity index is 580. The first-order valence-corrected chi connectivity index (χ1v) is 6.66. The van der Waals surface area contributed by atoms with Crippen LogP contribution >= 0.6 is 0 Å². The summed E-state index contributed by atoms with van der Waals surface area (Å²) in [4.78, 5) is 44.1. The number of amides is 4. The normalized spacial score (nSPS) is 16.4. The Labute approximate surface area is 122 Å². The van der Waals surface area contributed by atoms with Crippen molar-refractivity contribution in [1.29, 1.82) is 0 Å². The number of barbiturate groups is 1. The molecule has 2 heterocycles. The van der Waals surface area contributed by atoms with Crippen LogP contribution in [-0.4, -0.2) is 22.4 Å². The van der Waals surface area contributed by atoms with E-state index in [4.69, 9.17) is 0 Å². The molecule has 4 amide bonds. The van der Waals surface area contributed by atoms with Gasteiger partial charge in [0.1, 0.15) is 5.41 Å². The topological polar surface area (TPSA) is 97.3 Å². The number of urea groups is 1. The fraction of sp³-hybridized carbons (Fsp3) is 0.429. The lowest BCUT2D eigenvalue weighted by Crippen LogP contribution is -2.61. The van der Waals surface area contributed by atoms with Gasteiger partial charge in [0.15, 0.2) is 0 Å². The monoisotopic (exact) mass is 293 g/mol. The Kier molecular flexibility index (Phi) is 5.40. The lowest BCUT2D eigenvalue weighted by atomic mass is 9.79. The van der Waals surface area contributed by atoms with Crippen LogP contribution in [0.5, 0.6) is 0 Å². The summed E-state index contributed by atoms with van der Waals surface area (Å²) < 4.78 is 1.53. The van der Waals surface area contributed by atoms with E-state index in [1.165, 1.54) is 10.6 Å². The third-order valence-corrected chi connectivity index (χ3v) is 3.54. The van der Waals surface area contributed by atoms with Crippen LogP contribution in [0.25, 0.3) is 0 Å². The molecule has 0 atom stereocenters. The minimum atomic E-state index is -1.06. The number of carbonyl (C=O) groups is 3. The molecule has 0 saturated carbocycles. The molecule has 0 bridgehead atoms. The molecular weight excluding hydrogens is 274 g/mol. The third-order valence-electron chi connectivity index (χ3n) is 3.54. The molecule has 1 fully saturated rings. The van der Waals surface area contributed by atoms with E-state index in [0.29, 0.717) is 12.8 Å². The summed E-state index contributed by atoms with van der Waals surface area (Å²) in [5, 5.41) is 4.19. The van der Waals surface area contributed by atoms with Crippen LogP contribution in [0.4, 0.5) is 4.79 Å². The molecule has 21 heavy (non-hydrogen) atoms. The number of rotatable bonds is 2. The Hall–Kier alpha value is -2.44. The second-order valence-electron chi connectivity index (χ2n) is 4.68. The van der Waals surface area contributed by atoms with Crippen molar-refractivity contribution in [2.45, 2.75) is 26.7 Å². The predicted molar refractivity (Wildman–Crippen MR) is 76.4 cm³/mol. The summed E-state index contributed by atoms with van der Waals surface area (Å²) in [7, 11) is 1.72. The van der Waals surface area contributed by atoms with Gasteiger partial charge in [-0.3, -0.25) is 25.0 Å². The lowest BCUT2D eigenvalue weighted by molar-refractivity contribution is -0.144. The zero-order valence-electron chi connectivity index (χ0n) is 12.3. The van der Waals surface area contributed by atoms with E-state index in [1.807, 2.05) is 6.07 Å². The number of imide groups is 2. The van der Waals surface area contributed by atoms with E-state index in [1.54, 1.807) is 33.2 Å². The quantitative estimate of drug-likeness (QED) is 0.778. The number of nitrogens with one attached hydrogen (secondary N) is 2. The SMILES string of the molecule is CCC1(CC)C(=O)NC(=O)NC1=O.Cn1ccccc1=O. The molecular formula is C14H19N3O4. The van der Waals surface area contributed by atoms with Gasteiger partial charge < -0.3 is 4.57 Å². The molecule has 2 rings (SSSR count). The molecule has 1 saturated heterocycles. The first-order chi connectivity index (χ1) is 9.87. The molecule has 0 aromatic carbocycles. The highest BCUT2D eigenvalue weighted by Gasteiger charge is 2.47. The summed E-state index contributed by atoms with van der Waals surface area (Å²) in [6.45, 7) is 3.50. The van der Waals surface area contributed by atoms with Gasteiger partial charge in [-0.25, -0.2) is 4.79 Å². The van der Waals surface area contributed by atoms with Crippen LogP contribution in [0.15, 0.2) is 29.2 Å². The highest BCUT2D eigenvalue weighted by molar-refractivity contribution is 6.19. The van der Waals surface area contributed by atoms with Crippen molar-refractivity contribution >= 4 is 17.8 Å². The van der Waals surface area contributed by atoms with Gasteiger partial charge in [-0.05, 0) is 18.9 Å². The van der Waals surface area contributed by atoms with E-state index in [-0.39, 0.29) is 5.56 Å². The molecule has 0 radical (unpaired) electrons. The van der Waals surface area contributed by atoms with Gasteiger partial charge in [-0.15, -0.1) is 0 Å². The number of carbonyl (C=O) groups excluding carboxylic acids is 3. The first kappa shape index (κ1) is 16.6. The van der Waals surface area contributed by atoms with E-state index >= 15 is 0 Å². The van der Waals surface area contributed by atoms with Crippen LogP contribution in [0.3, 0.4) is 0 Å². The van der Waals surface area contributed by atoms with Crippen molar-refractivity contribution < 1.29 is 14.4 Å². The van der Waals surface area contributed by atoms with Crippen LogP contribution in [-0.2, 0) is 16.6 Å². The average Bonchev–Trinajstić information content (AvgIpc) is 2.43. The molecule has 7 heteroatoms. The van der Waals surface area contributed by atoms with E-state index in [2.05, 4.69) is 10.6 Å². The summed E-state index contributed by atoms with van der Waals surface area (Å²) >= 11 is 0. The molecule has 0 aliphatic carbocycles. The number of pyridine rings is 1. The number of hydrogen-bond donors (Lipinski definition) is 2. The summed E-state index contributed by atoms with van der Waals surface area (Å²) in [6, 6.07) is 4.34. The molecule has 7 nitrogen and oxygen atoms in total. The van der Waals surface area contributed by atoms with Crippen molar-refractivity contribution in [1.82, 2.24) is 15.2 Å². The van der Waals surface area contributed by atoms with Gasteiger partial charge in [-0.1, -0.05) is 19.9 Å². The van der Waals surface area contributed by atoms with Gasteiger partial charge >= 0.3 is 6.03 Å². The van der Waals surface area contributed by atoms with Gasteiger partial charge in [0.05, 0.1) is 0 Å². The van der Waals surface area contributed by atoms with Crippen molar-refractivity contribution in [3.8, 4) is 0 Å². The number of nitrogens with zero attached hydrogens (tertiary/aromatic N) is 1. The molecule has 1 aromatic heterocycles. The molecule has 0 unspecified atom stereocenters. The van der Waals surface area contributed by atoms with Crippen molar-refractivity contribution in [3.63, 3.8) is 0 Å². The van der Waals surface area contributed by atoms with Crippen molar-refractivity contribution in [2.75, 3.05) is 0 Å². The summed E-state index contributed by atoms with van der Waals surface area (Å²) in [5.41, 5.74) is -1.03. The first-order valence-electron chi connectivity index (χ1n) is 6.66. The summed E-state index contributed by atoms with van der Waals surface area (Å²) in [5.74, 6) is -0.988. The van der Waals surface area contributed by atoms with Crippen LogP contribution in [0.2, 0.25) is 0 Å². The fourth-order valence-corrected chi connectivity index (χ4v) is 1.98. The highest BCUT2D eigenvalue weighted by Crippen LogP contribution is 2.28. The van der Waals surface area contributed by atoms with E-state index < -0.39 is 23.3 Å². The Balaban J connectivity index is 0.000000235. The number of aromatic nitrogens is 1. The Morgan fingerprint density at radius 2 is 1.52 bits per heavy atom. The predicted octanol–water partition coefficient (Wildman–Crippen LogP) is 0.544. The van der Waals surface area contributed by atoms with Crippen molar-refractivity contribution in [3.05, 3.63) is 34.7 Å². The zero-order chi connectivity index (χ0) is 16.0. The van der Waals surface area contributed by atoms with Crippen molar-refractivity contribution in [2.24, 2.45) is 12.5 Å². The Morgan fingerprint density at radius 3 is 1.86 bits per heavy atom. The molecule has 114 valence electrons. The maximum absolute atomic E-state index is 11.4. The summed E-state index contributed by atoms with van der Waals surface area (Å²) in [6.07, 6.45) is 2.52. The van der Waals surface area contributed by atoms with Crippen LogP contribution in [0.1, 0.15) is 26.7 Å². The molecule has 1 aliphatic heterocycles. The number of hydrogen-bond acceptors (Lipinski definition) is 4. The minimum Gasteiger partial charge on any atom is -0.319 e. The maximum atomic E-state index is 11.4. The van der Waals surface area contributed by atoms with Gasteiger partial charge in [-0.2, -0.15) is 0 Å². The standard InChI is InChI=1S/C8H12N2O3.C6H7NO/c1-3-8(4-2)5(11)9-7(13)10-6(8)12;1-7-5-3-2-4-6(7)8/h3-4H2,1-2H3,(H2,9,10,11,12,13);2-5H,1H3. The second-order valence-corrected chi connectivity index (χ2v) is 4.68. The lowest BCUT2D eigenvalue weighted by Gasteiger charge is -2.31. The fourth-order valence-electron chi connectivity index (χ4n) is 1.98. The molecule has 1 aliphatic rings. The van der Waals surface area contributed by atoms with Gasteiger partial charge in [0.2, 0.25) is 17.4 Å². The molecule has 1 aromatic rings.